The predicted molar refractivity (Wildman–Crippen MR) is 62.4 cm³/mol. The molecule has 5 nitrogen and oxygen atoms in total. The van der Waals surface area contributed by atoms with E-state index < -0.39 is 5.97 Å². The summed E-state index contributed by atoms with van der Waals surface area (Å²) in [6.07, 6.45) is 3.15. The molecule has 17 heavy (non-hydrogen) atoms. The number of halogens is 1. The quantitative estimate of drug-likeness (QED) is 0.827. The van der Waals surface area contributed by atoms with Crippen molar-refractivity contribution in [3.8, 4) is 0 Å². The minimum atomic E-state index is -1.06. The molecular weight excluding hydrogens is 244 g/mol. The molecule has 90 valence electrons. The Morgan fingerprint density at radius 2 is 2.35 bits per heavy atom. The van der Waals surface area contributed by atoms with E-state index in [1.807, 2.05) is 0 Å². The summed E-state index contributed by atoms with van der Waals surface area (Å²) in [5, 5.41) is 8.85. The lowest BCUT2D eigenvalue weighted by Gasteiger charge is -2.16. The second-order valence-corrected chi connectivity index (χ2v) is 4.27. The van der Waals surface area contributed by atoms with Crippen LogP contribution in [0.3, 0.4) is 0 Å². The zero-order chi connectivity index (χ0) is 12.4. The monoisotopic (exact) mass is 254 g/mol. The van der Waals surface area contributed by atoms with Gasteiger partial charge in [-0.25, -0.2) is 4.79 Å². The number of rotatable bonds is 3. The van der Waals surface area contributed by atoms with E-state index in [1.165, 1.54) is 23.4 Å². The van der Waals surface area contributed by atoms with Gasteiger partial charge in [0.05, 0.1) is 17.4 Å². The second kappa shape index (κ2) is 4.71. The summed E-state index contributed by atoms with van der Waals surface area (Å²) < 4.78 is 0. The van der Waals surface area contributed by atoms with Crippen LogP contribution in [0.25, 0.3) is 0 Å². The van der Waals surface area contributed by atoms with Crippen molar-refractivity contribution in [2.75, 3.05) is 17.3 Å². The summed E-state index contributed by atoms with van der Waals surface area (Å²) in [6.45, 7) is 0.521. The number of aromatic nitrogens is 1. The molecule has 2 heterocycles. The van der Waals surface area contributed by atoms with Gasteiger partial charge in [0.1, 0.15) is 0 Å². The maximum absolute atomic E-state index is 11.7. The molecule has 0 aromatic carbocycles. The smallest absolute Gasteiger partial charge is 0.337 e. The fraction of sp³-hybridized carbons (Fsp3) is 0.364. The molecule has 1 atom stereocenters. The Morgan fingerprint density at radius 3 is 2.94 bits per heavy atom. The lowest BCUT2D eigenvalue weighted by molar-refractivity contribution is -0.117. The first kappa shape index (κ1) is 11.9. The topological polar surface area (TPSA) is 70.5 Å². The molecule has 1 aromatic heterocycles. The number of amides is 1. The minimum Gasteiger partial charge on any atom is -0.478 e. The molecule has 0 spiro atoms. The SMILES string of the molecule is O=C(O)c1cncc(N2CC(CCl)CC2=O)c1. The zero-order valence-electron chi connectivity index (χ0n) is 8.97. The maximum Gasteiger partial charge on any atom is 0.337 e. The van der Waals surface area contributed by atoms with E-state index in [0.29, 0.717) is 24.5 Å². The summed E-state index contributed by atoms with van der Waals surface area (Å²) in [4.78, 5) is 27.9. The van der Waals surface area contributed by atoms with E-state index in [0.717, 1.165) is 0 Å². The van der Waals surface area contributed by atoms with E-state index in [9.17, 15) is 9.59 Å². The number of nitrogens with zero attached hydrogens (tertiary/aromatic N) is 2. The van der Waals surface area contributed by atoms with Crippen LogP contribution in [0.5, 0.6) is 0 Å². The third kappa shape index (κ3) is 2.39. The summed E-state index contributed by atoms with van der Waals surface area (Å²) in [5.74, 6) is -0.550. The maximum atomic E-state index is 11.7. The van der Waals surface area contributed by atoms with Gasteiger partial charge >= 0.3 is 5.97 Å². The Kier molecular flexibility index (Phi) is 3.28. The molecule has 2 rings (SSSR count). The predicted octanol–water partition coefficient (Wildman–Crippen LogP) is 1.37. The normalized spacial score (nSPS) is 19.7. The van der Waals surface area contributed by atoms with Gasteiger partial charge in [-0.2, -0.15) is 0 Å². The molecule has 1 aliphatic heterocycles. The number of aromatic carboxylic acids is 1. The lowest BCUT2D eigenvalue weighted by Crippen LogP contribution is -2.25. The highest BCUT2D eigenvalue weighted by atomic mass is 35.5. The Hall–Kier alpha value is -1.62. The molecule has 0 saturated carbocycles. The molecule has 1 N–H and O–H groups in total. The molecule has 1 aliphatic rings. The summed E-state index contributed by atoms with van der Waals surface area (Å²) in [5.41, 5.74) is 0.590. The average molecular weight is 255 g/mol. The van der Waals surface area contributed by atoms with Crippen LogP contribution >= 0.6 is 11.6 Å². The van der Waals surface area contributed by atoms with Gasteiger partial charge in [-0.05, 0) is 12.0 Å². The number of alkyl halides is 1. The number of pyridine rings is 1. The van der Waals surface area contributed by atoms with Gasteiger partial charge < -0.3 is 10.0 Å². The number of hydrogen-bond acceptors (Lipinski definition) is 3. The van der Waals surface area contributed by atoms with E-state index in [4.69, 9.17) is 16.7 Å². The van der Waals surface area contributed by atoms with Gasteiger partial charge in [0.15, 0.2) is 0 Å². The third-order valence-electron chi connectivity index (χ3n) is 2.71. The van der Waals surface area contributed by atoms with Crippen molar-refractivity contribution in [2.45, 2.75) is 6.42 Å². The largest absolute Gasteiger partial charge is 0.478 e. The van der Waals surface area contributed by atoms with Gasteiger partial charge in [0.2, 0.25) is 5.91 Å². The molecule has 6 heteroatoms. The van der Waals surface area contributed by atoms with Crippen molar-refractivity contribution in [1.29, 1.82) is 0 Å². The van der Waals surface area contributed by atoms with E-state index in [1.54, 1.807) is 0 Å². The number of carbonyl (C=O) groups excluding carboxylic acids is 1. The Labute approximate surface area is 103 Å². The molecule has 1 saturated heterocycles. The Bertz CT molecular complexity index is 464. The van der Waals surface area contributed by atoms with Crippen LogP contribution in [-0.4, -0.2) is 34.4 Å². The zero-order valence-corrected chi connectivity index (χ0v) is 9.72. The van der Waals surface area contributed by atoms with Gasteiger partial charge in [-0.15, -0.1) is 11.6 Å². The van der Waals surface area contributed by atoms with Crippen molar-refractivity contribution >= 4 is 29.2 Å². The fourth-order valence-corrected chi connectivity index (χ4v) is 2.03. The van der Waals surface area contributed by atoms with Crippen LogP contribution < -0.4 is 4.90 Å². The number of anilines is 1. The molecular formula is C11H11ClN2O3. The van der Waals surface area contributed by atoms with E-state index in [2.05, 4.69) is 4.98 Å². The Morgan fingerprint density at radius 1 is 1.59 bits per heavy atom. The van der Waals surface area contributed by atoms with Crippen molar-refractivity contribution in [3.05, 3.63) is 24.0 Å². The van der Waals surface area contributed by atoms with Crippen molar-refractivity contribution in [3.63, 3.8) is 0 Å². The number of carbonyl (C=O) groups is 2. The molecule has 0 radical (unpaired) electrons. The first-order valence-corrected chi connectivity index (χ1v) is 5.70. The molecule has 0 bridgehead atoms. The first-order chi connectivity index (χ1) is 8.11. The highest BCUT2D eigenvalue weighted by Gasteiger charge is 2.30. The molecule has 1 fully saturated rings. The highest BCUT2D eigenvalue weighted by molar-refractivity contribution is 6.18. The third-order valence-corrected chi connectivity index (χ3v) is 3.14. The molecule has 1 amide bonds. The van der Waals surface area contributed by atoms with Crippen LogP contribution in [0.4, 0.5) is 5.69 Å². The van der Waals surface area contributed by atoms with Gasteiger partial charge in [0.25, 0.3) is 0 Å². The van der Waals surface area contributed by atoms with Crippen molar-refractivity contribution in [1.82, 2.24) is 4.98 Å². The first-order valence-electron chi connectivity index (χ1n) is 5.16. The van der Waals surface area contributed by atoms with Gasteiger partial charge in [-0.1, -0.05) is 0 Å². The summed E-state index contributed by atoms with van der Waals surface area (Å²) >= 11 is 5.72. The molecule has 1 unspecified atom stereocenters. The molecule has 1 aromatic rings. The Balaban J connectivity index is 2.25. The van der Waals surface area contributed by atoms with Crippen molar-refractivity contribution < 1.29 is 14.7 Å². The second-order valence-electron chi connectivity index (χ2n) is 3.97. The standard InChI is InChI=1S/C11H11ClN2O3/c12-3-7-1-10(15)14(6-7)9-2-8(11(16)17)4-13-5-9/h2,4-5,7H,1,3,6H2,(H,16,17). The molecule has 0 aliphatic carbocycles. The number of carboxylic acids is 1. The van der Waals surface area contributed by atoms with Crippen LogP contribution in [0.2, 0.25) is 0 Å². The minimum absolute atomic E-state index is 0.0417. The highest BCUT2D eigenvalue weighted by Crippen LogP contribution is 2.25. The van der Waals surface area contributed by atoms with Gasteiger partial charge in [-0.3, -0.25) is 9.78 Å². The van der Waals surface area contributed by atoms with E-state index in [-0.39, 0.29) is 17.4 Å². The van der Waals surface area contributed by atoms with Crippen LogP contribution in [0, 0.1) is 5.92 Å². The summed E-state index contributed by atoms with van der Waals surface area (Å²) in [6, 6.07) is 1.45. The van der Waals surface area contributed by atoms with Crippen LogP contribution in [0.1, 0.15) is 16.8 Å². The van der Waals surface area contributed by atoms with Crippen molar-refractivity contribution in [2.24, 2.45) is 5.92 Å². The summed E-state index contributed by atoms with van der Waals surface area (Å²) in [7, 11) is 0. The van der Waals surface area contributed by atoms with Gasteiger partial charge in [0, 0.05) is 25.0 Å². The number of hydrogen-bond donors (Lipinski definition) is 1. The fourth-order valence-electron chi connectivity index (χ4n) is 1.83. The van der Waals surface area contributed by atoms with Crippen LogP contribution in [0.15, 0.2) is 18.5 Å². The average Bonchev–Trinajstić information content (AvgIpc) is 2.71. The van der Waals surface area contributed by atoms with E-state index >= 15 is 0 Å². The lowest BCUT2D eigenvalue weighted by atomic mass is 10.1. The number of carboxylic acid groups (broad SMARTS) is 1. The van der Waals surface area contributed by atoms with Crippen LogP contribution in [-0.2, 0) is 4.79 Å².